The van der Waals surface area contributed by atoms with Gasteiger partial charge < -0.3 is 5.84 Å². The summed E-state index contributed by atoms with van der Waals surface area (Å²) < 4.78 is 1.72. The minimum Gasteiger partial charge on any atom is -0.323 e. The Morgan fingerprint density at radius 2 is 1.91 bits per heavy atom. The number of rotatable bonds is 1. The second-order valence-corrected chi connectivity index (χ2v) is 3.50. The van der Waals surface area contributed by atoms with E-state index in [4.69, 9.17) is 5.84 Å². The van der Waals surface area contributed by atoms with Crippen molar-refractivity contribution in [3.8, 4) is 0 Å². The van der Waals surface area contributed by atoms with E-state index in [0.29, 0.717) is 0 Å². The topological polar surface area (TPSA) is 51.3 Å². The molecule has 0 amide bonds. The van der Waals surface area contributed by atoms with Gasteiger partial charge in [-0.05, 0) is 31.9 Å². The van der Waals surface area contributed by atoms with Crippen LogP contribution in [0.3, 0.4) is 0 Å². The summed E-state index contributed by atoms with van der Waals surface area (Å²) in [6.07, 6.45) is 4.92. The van der Waals surface area contributed by atoms with E-state index in [1.54, 1.807) is 18.6 Å². The molecule has 0 aliphatic carbocycles. The molecule has 0 aliphatic heterocycles. The smallest absolute Gasteiger partial charge is 0.0561 e. The van der Waals surface area contributed by atoms with E-state index >= 15 is 0 Å². The Labute approximate surface area is 81.0 Å². The summed E-state index contributed by atoms with van der Waals surface area (Å²) in [6, 6.07) is 0. The molecule has 11 heavy (non-hydrogen) atoms. The summed E-state index contributed by atoms with van der Waals surface area (Å²) in [6.45, 7) is 0. The predicted molar refractivity (Wildman–Crippen MR) is 51.4 cm³/mol. The van der Waals surface area contributed by atoms with Gasteiger partial charge in [0.25, 0.3) is 0 Å². The number of hydrogen-bond acceptors (Lipinski definition) is 3. The molecule has 0 radical (unpaired) electrons. The fourth-order valence-corrected chi connectivity index (χ4v) is 1.75. The first-order valence-corrected chi connectivity index (χ1v) is 4.36. The third kappa shape index (κ3) is 2.00. The van der Waals surface area contributed by atoms with E-state index in [2.05, 4.69) is 41.9 Å². The molecule has 0 aromatic carbocycles. The first-order valence-electron chi connectivity index (χ1n) is 2.78. The molecule has 0 spiro atoms. The van der Waals surface area contributed by atoms with E-state index in [1.165, 1.54) is 0 Å². The van der Waals surface area contributed by atoms with Crippen molar-refractivity contribution >= 4 is 38.1 Å². The van der Waals surface area contributed by atoms with Crippen molar-refractivity contribution in [2.75, 3.05) is 0 Å². The first-order chi connectivity index (χ1) is 5.25. The number of halogens is 2. The molecule has 0 saturated heterocycles. The third-order valence-electron chi connectivity index (χ3n) is 1.09. The first kappa shape index (κ1) is 8.67. The summed E-state index contributed by atoms with van der Waals surface area (Å²) in [5.41, 5.74) is 0.891. The highest BCUT2D eigenvalue weighted by molar-refractivity contribution is 9.11. The van der Waals surface area contributed by atoms with Crippen molar-refractivity contribution in [2.24, 2.45) is 10.9 Å². The number of hydrazone groups is 1. The van der Waals surface area contributed by atoms with E-state index in [9.17, 15) is 0 Å². The van der Waals surface area contributed by atoms with Crippen LogP contribution >= 0.6 is 31.9 Å². The lowest BCUT2D eigenvalue weighted by molar-refractivity contribution is 1.24. The quantitative estimate of drug-likeness (QED) is 0.485. The molecule has 0 atom stereocenters. The van der Waals surface area contributed by atoms with Crippen LogP contribution in [-0.2, 0) is 0 Å². The molecule has 1 aromatic rings. The third-order valence-corrected chi connectivity index (χ3v) is 2.36. The van der Waals surface area contributed by atoms with Crippen molar-refractivity contribution in [3.63, 3.8) is 0 Å². The van der Waals surface area contributed by atoms with Crippen LogP contribution in [0.5, 0.6) is 0 Å². The molecule has 0 fully saturated rings. The van der Waals surface area contributed by atoms with Gasteiger partial charge in [0.05, 0.1) is 6.21 Å². The Hall–Kier alpha value is -0.420. The van der Waals surface area contributed by atoms with Gasteiger partial charge in [-0.1, -0.05) is 0 Å². The van der Waals surface area contributed by atoms with Crippen molar-refractivity contribution in [2.45, 2.75) is 0 Å². The van der Waals surface area contributed by atoms with Crippen LogP contribution in [0.2, 0.25) is 0 Å². The second-order valence-electron chi connectivity index (χ2n) is 1.79. The Kier molecular flexibility index (Phi) is 3.02. The summed E-state index contributed by atoms with van der Waals surface area (Å²) in [5, 5.41) is 3.41. The zero-order chi connectivity index (χ0) is 8.27. The molecule has 1 rings (SSSR count). The van der Waals surface area contributed by atoms with E-state index in [0.717, 1.165) is 14.5 Å². The van der Waals surface area contributed by atoms with Crippen LogP contribution in [0.15, 0.2) is 26.4 Å². The Morgan fingerprint density at radius 1 is 1.36 bits per heavy atom. The highest BCUT2D eigenvalue weighted by atomic mass is 79.9. The Morgan fingerprint density at radius 3 is 2.36 bits per heavy atom. The SMILES string of the molecule is N/N=C\c1c(Br)cncc1Br. The highest BCUT2D eigenvalue weighted by Crippen LogP contribution is 2.21. The average molecular weight is 279 g/mol. The van der Waals surface area contributed by atoms with Gasteiger partial charge in [0, 0.05) is 26.9 Å². The molecular weight excluding hydrogens is 274 g/mol. The number of hydrogen-bond donors (Lipinski definition) is 1. The van der Waals surface area contributed by atoms with Gasteiger partial charge >= 0.3 is 0 Å². The lowest BCUT2D eigenvalue weighted by Crippen LogP contribution is -1.90. The summed E-state index contributed by atoms with van der Waals surface area (Å²) in [5.74, 6) is 5.01. The minimum absolute atomic E-state index is 0.862. The fourth-order valence-electron chi connectivity index (χ4n) is 0.619. The van der Waals surface area contributed by atoms with Crippen LogP contribution in [0, 0.1) is 0 Å². The Balaban J connectivity index is 3.20. The molecular formula is C6H5Br2N3. The van der Waals surface area contributed by atoms with Crippen molar-refractivity contribution < 1.29 is 0 Å². The maximum atomic E-state index is 5.01. The maximum Gasteiger partial charge on any atom is 0.0561 e. The highest BCUT2D eigenvalue weighted by Gasteiger charge is 2.00. The molecule has 1 heterocycles. The number of pyridine rings is 1. The lowest BCUT2D eigenvalue weighted by atomic mass is 10.3. The van der Waals surface area contributed by atoms with Gasteiger partial charge in [-0.2, -0.15) is 5.10 Å². The number of aromatic nitrogens is 1. The number of nitrogens with zero attached hydrogens (tertiary/aromatic N) is 2. The van der Waals surface area contributed by atoms with Crippen molar-refractivity contribution in [3.05, 3.63) is 26.9 Å². The predicted octanol–water partition coefficient (Wildman–Crippen LogP) is 1.90. The van der Waals surface area contributed by atoms with Gasteiger partial charge in [0.2, 0.25) is 0 Å². The normalized spacial score (nSPS) is 10.7. The minimum atomic E-state index is 0.862. The van der Waals surface area contributed by atoms with Crippen LogP contribution in [0.1, 0.15) is 5.56 Å². The fraction of sp³-hybridized carbons (Fsp3) is 0. The second kappa shape index (κ2) is 3.82. The monoisotopic (exact) mass is 277 g/mol. The molecule has 3 nitrogen and oxygen atoms in total. The zero-order valence-electron chi connectivity index (χ0n) is 5.46. The van der Waals surface area contributed by atoms with Crippen LogP contribution in [-0.4, -0.2) is 11.2 Å². The number of nitrogens with two attached hydrogens (primary N) is 1. The van der Waals surface area contributed by atoms with Gasteiger partial charge in [0.15, 0.2) is 0 Å². The maximum absolute atomic E-state index is 5.01. The van der Waals surface area contributed by atoms with Gasteiger partial charge in [0.1, 0.15) is 0 Å². The van der Waals surface area contributed by atoms with Gasteiger partial charge in [-0.3, -0.25) is 4.98 Å². The molecule has 2 N–H and O–H groups in total. The van der Waals surface area contributed by atoms with Gasteiger partial charge in [-0.25, -0.2) is 0 Å². The van der Waals surface area contributed by atoms with Crippen LogP contribution in [0.25, 0.3) is 0 Å². The molecule has 0 aliphatic rings. The standard InChI is InChI=1S/C6H5Br2N3/c7-5-2-10-3-6(8)4(5)1-11-9/h1-3H,9H2/b11-1-. The van der Waals surface area contributed by atoms with E-state index in [1.807, 2.05) is 0 Å². The molecule has 5 heteroatoms. The summed E-state index contributed by atoms with van der Waals surface area (Å²) in [7, 11) is 0. The van der Waals surface area contributed by atoms with Gasteiger partial charge in [-0.15, -0.1) is 0 Å². The summed E-state index contributed by atoms with van der Waals surface area (Å²) in [4.78, 5) is 3.93. The molecule has 0 bridgehead atoms. The van der Waals surface area contributed by atoms with Crippen LogP contribution in [0.4, 0.5) is 0 Å². The molecule has 0 saturated carbocycles. The molecule has 1 aromatic heterocycles. The van der Waals surface area contributed by atoms with Crippen LogP contribution < -0.4 is 5.84 Å². The zero-order valence-corrected chi connectivity index (χ0v) is 8.63. The average Bonchev–Trinajstić information content (AvgIpc) is 1.97. The van der Waals surface area contributed by atoms with E-state index < -0.39 is 0 Å². The van der Waals surface area contributed by atoms with Crippen molar-refractivity contribution in [1.29, 1.82) is 0 Å². The summed E-state index contributed by atoms with van der Waals surface area (Å²) >= 11 is 6.62. The van der Waals surface area contributed by atoms with Crippen molar-refractivity contribution in [1.82, 2.24) is 4.98 Å². The molecule has 58 valence electrons. The van der Waals surface area contributed by atoms with E-state index in [-0.39, 0.29) is 0 Å². The Bertz CT molecular complexity index is 265. The largest absolute Gasteiger partial charge is 0.323 e. The lowest BCUT2D eigenvalue weighted by Gasteiger charge is -1.97. The molecule has 0 unspecified atom stereocenters.